The molecule has 0 amide bonds. The zero-order chi connectivity index (χ0) is 17.7. The van der Waals surface area contributed by atoms with Gasteiger partial charge in [-0.1, -0.05) is 0 Å². The van der Waals surface area contributed by atoms with Crippen molar-refractivity contribution < 1.29 is 22.2 Å². The number of oxime groups is 1. The number of ether oxygens (including phenoxy) is 1. The summed E-state index contributed by atoms with van der Waals surface area (Å²) in [4.78, 5) is 12.3. The van der Waals surface area contributed by atoms with Crippen molar-refractivity contribution in [3.8, 4) is 11.4 Å². The fourth-order valence-corrected chi connectivity index (χ4v) is 2.67. The summed E-state index contributed by atoms with van der Waals surface area (Å²) in [6.45, 7) is 0. The molecular formula is C14H16N4O5S. The fourth-order valence-electron chi connectivity index (χ4n) is 1.95. The highest BCUT2D eigenvalue weighted by molar-refractivity contribution is 7.87. The Bertz CT molecular complexity index is 855. The highest BCUT2D eigenvalue weighted by Gasteiger charge is 2.23. The number of aromatic nitrogens is 1. The van der Waals surface area contributed by atoms with E-state index >= 15 is 0 Å². The van der Waals surface area contributed by atoms with Gasteiger partial charge >= 0.3 is 10.1 Å². The third-order valence-electron chi connectivity index (χ3n) is 2.95. The van der Waals surface area contributed by atoms with Crippen LogP contribution in [0.2, 0.25) is 0 Å². The zero-order valence-electron chi connectivity index (χ0n) is 12.7. The number of Topliss-reactive ketones (excluding diaryl/α,β-unsaturated/α-hetero) is 1. The summed E-state index contributed by atoms with van der Waals surface area (Å²) in [6.07, 6.45) is 3.57. The molecule has 24 heavy (non-hydrogen) atoms. The first kappa shape index (κ1) is 17.3. The van der Waals surface area contributed by atoms with Crippen LogP contribution in [0.15, 0.2) is 47.9 Å². The lowest BCUT2D eigenvalue weighted by atomic mass is 10.1. The van der Waals surface area contributed by atoms with Gasteiger partial charge < -0.3 is 20.8 Å². The second-order valence-electron chi connectivity index (χ2n) is 4.69. The third-order valence-corrected chi connectivity index (χ3v) is 3.87. The van der Waals surface area contributed by atoms with Crippen LogP contribution < -0.4 is 16.2 Å². The summed E-state index contributed by atoms with van der Waals surface area (Å²) < 4.78 is 34.5. The molecule has 0 saturated carbocycles. The van der Waals surface area contributed by atoms with E-state index in [9.17, 15) is 13.2 Å². The molecular weight excluding hydrogens is 336 g/mol. The van der Waals surface area contributed by atoms with Gasteiger partial charge in [-0.05, 0) is 35.5 Å². The molecule has 0 aliphatic carbocycles. The lowest BCUT2D eigenvalue weighted by Crippen LogP contribution is -2.25. The van der Waals surface area contributed by atoms with Crippen LogP contribution in [0.3, 0.4) is 0 Å². The number of rotatable bonds is 7. The third kappa shape index (κ3) is 4.26. The smallest absolute Gasteiger partial charge is 0.336 e. The molecule has 1 heterocycles. The second kappa shape index (κ2) is 7.04. The van der Waals surface area contributed by atoms with E-state index in [0.29, 0.717) is 5.69 Å². The first-order valence-corrected chi connectivity index (χ1v) is 8.25. The second-order valence-corrected chi connectivity index (χ2v) is 6.24. The highest BCUT2D eigenvalue weighted by Crippen LogP contribution is 2.23. The minimum Gasteiger partial charge on any atom is -0.496 e. The van der Waals surface area contributed by atoms with Crippen LogP contribution in [0, 0.1) is 0 Å². The normalized spacial score (nSPS) is 10.9. The maximum atomic E-state index is 12.3. The quantitative estimate of drug-likeness (QED) is 0.314. The van der Waals surface area contributed by atoms with E-state index in [4.69, 9.17) is 16.2 Å². The summed E-state index contributed by atoms with van der Waals surface area (Å²) in [5, 5.41) is 2.94. The first-order valence-electron chi connectivity index (χ1n) is 6.67. The van der Waals surface area contributed by atoms with Crippen LogP contribution in [0.4, 0.5) is 0 Å². The largest absolute Gasteiger partial charge is 0.496 e. The number of methoxy groups -OCH3 is 1. The average Bonchev–Trinajstić information content (AvgIpc) is 3.06. The Morgan fingerprint density at radius 2 is 1.92 bits per heavy atom. The standard InChI is InChI=1S/C14H16N4O5S/c1-22-13-5-4-10(18-6-2-3-7-18)8-11(13)12(19)9-24(20,21)23-17-14(15)16/h2-8H,9H2,1H3,(H4,15,16,17). The van der Waals surface area contributed by atoms with Gasteiger partial charge in [-0.3, -0.25) is 9.08 Å². The molecule has 0 bridgehead atoms. The molecule has 0 radical (unpaired) electrons. The first-order chi connectivity index (χ1) is 11.3. The Morgan fingerprint density at radius 1 is 1.25 bits per heavy atom. The summed E-state index contributed by atoms with van der Waals surface area (Å²) in [7, 11) is -2.89. The number of nitrogens with zero attached hydrogens (tertiary/aromatic N) is 2. The molecule has 0 saturated heterocycles. The molecule has 0 aliphatic rings. The Labute approximate surface area is 138 Å². The molecule has 9 nitrogen and oxygen atoms in total. The molecule has 0 atom stereocenters. The van der Waals surface area contributed by atoms with Gasteiger partial charge in [-0.25, -0.2) is 0 Å². The van der Waals surface area contributed by atoms with E-state index in [1.807, 2.05) is 12.1 Å². The maximum Gasteiger partial charge on any atom is 0.336 e. The number of hydrogen-bond acceptors (Lipinski definition) is 6. The predicted molar refractivity (Wildman–Crippen MR) is 87.3 cm³/mol. The van der Waals surface area contributed by atoms with Crippen LogP contribution in [0.5, 0.6) is 5.75 Å². The van der Waals surface area contributed by atoms with Gasteiger partial charge in [0.2, 0.25) is 5.96 Å². The van der Waals surface area contributed by atoms with Crippen molar-refractivity contribution in [3.63, 3.8) is 0 Å². The summed E-state index contributed by atoms with van der Waals surface area (Å²) in [5.74, 6) is -1.98. The van der Waals surface area contributed by atoms with Crippen LogP contribution in [0.25, 0.3) is 5.69 Å². The molecule has 0 spiro atoms. The monoisotopic (exact) mass is 352 g/mol. The number of nitrogens with two attached hydrogens (primary N) is 2. The maximum absolute atomic E-state index is 12.3. The van der Waals surface area contributed by atoms with Gasteiger partial charge in [-0.15, -0.1) is 0 Å². The Balaban J connectivity index is 2.31. The molecule has 0 aliphatic heterocycles. The van der Waals surface area contributed by atoms with Crippen LogP contribution in [-0.2, 0) is 14.4 Å². The fraction of sp³-hybridized carbons (Fsp3) is 0.143. The number of hydrogen-bond donors (Lipinski definition) is 2. The number of guanidine groups is 1. The van der Waals surface area contributed by atoms with Crippen molar-refractivity contribution in [2.24, 2.45) is 16.6 Å². The highest BCUT2D eigenvalue weighted by atomic mass is 32.2. The van der Waals surface area contributed by atoms with E-state index in [1.165, 1.54) is 13.2 Å². The summed E-state index contributed by atoms with van der Waals surface area (Å²) >= 11 is 0. The topological polar surface area (TPSA) is 139 Å². The minimum absolute atomic E-state index is 0.0978. The van der Waals surface area contributed by atoms with E-state index in [-0.39, 0.29) is 11.3 Å². The molecule has 0 fully saturated rings. The molecule has 1 aromatic carbocycles. The minimum atomic E-state index is -4.28. The van der Waals surface area contributed by atoms with Crippen LogP contribution in [0.1, 0.15) is 10.4 Å². The number of benzene rings is 1. The number of ketones is 1. The lowest BCUT2D eigenvalue weighted by Gasteiger charge is -2.10. The van der Waals surface area contributed by atoms with E-state index in [1.54, 1.807) is 29.1 Å². The zero-order valence-corrected chi connectivity index (χ0v) is 13.6. The summed E-state index contributed by atoms with van der Waals surface area (Å²) in [6, 6.07) is 8.47. The average molecular weight is 352 g/mol. The van der Waals surface area contributed by atoms with Crippen molar-refractivity contribution in [1.29, 1.82) is 0 Å². The van der Waals surface area contributed by atoms with Crippen molar-refractivity contribution >= 4 is 21.9 Å². The van der Waals surface area contributed by atoms with Crippen molar-refractivity contribution in [2.75, 3.05) is 12.9 Å². The van der Waals surface area contributed by atoms with Gasteiger partial charge in [0, 0.05) is 18.1 Å². The van der Waals surface area contributed by atoms with Crippen molar-refractivity contribution in [1.82, 2.24) is 4.57 Å². The molecule has 4 N–H and O–H groups in total. The SMILES string of the molecule is COc1ccc(-n2cccc2)cc1C(=O)CS(=O)(=O)ON=C(N)N. The van der Waals surface area contributed by atoms with Crippen LogP contribution >= 0.6 is 0 Å². The molecule has 128 valence electrons. The van der Waals surface area contributed by atoms with Gasteiger partial charge in [0.25, 0.3) is 0 Å². The Hall–Kier alpha value is -3.01. The van der Waals surface area contributed by atoms with E-state index < -0.39 is 27.6 Å². The van der Waals surface area contributed by atoms with Gasteiger partial charge in [0.05, 0.1) is 12.7 Å². The molecule has 0 unspecified atom stereocenters. The molecule has 2 rings (SSSR count). The van der Waals surface area contributed by atoms with Gasteiger partial charge in [0.15, 0.2) is 11.5 Å². The Morgan fingerprint density at radius 3 is 2.50 bits per heavy atom. The van der Waals surface area contributed by atoms with E-state index in [2.05, 4.69) is 9.44 Å². The van der Waals surface area contributed by atoms with Crippen LogP contribution in [-0.4, -0.2) is 37.6 Å². The van der Waals surface area contributed by atoms with Gasteiger partial charge in [-0.2, -0.15) is 8.42 Å². The van der Waals surface area contributed by atoms with Crippen molar-refractivity contribution in [2.45, 2.75) is 0 Å². The van der Waals surface area contributed by atoms with E-state index in [0.717, 1.165) is 0 Å². The number of carbonyl (C=O) groups excluding carboxylic acids is 1. The lowest BCUT2D eigenvalue weighted by molar-refractivity contribution is 0.101. The molecule has 2 aromatic rings. The summed E-state index contributed by atoms with van der Waals surface area (Å²) in [5.41, 5.74) is 10.8. The Kier molecular flexibility index (Phi) is 5.09. The predicted octanol–water partition coefficient (Wildman–Crippen LogP) is 0.203. The van der Waals surface area contributed by atoms with Gasteiger partial charge in [0.1, 0.15) is 5.75 Å². The number of carbonyl (C=O) groups is 1. The molecule has 10 heteroatoms. The van der Waals surface area contributed by atoms with Crippen molar-refractivity contribution in [3.05, 3.63) is 48.3 Å². The molecule has 1 aromatic heterocycles.